The summed E-state index contributed by atoms with van der Waals surface area (Å²) in [4.78, 5) is 22.3. The van der Waals surface area contributed by atoms with Crippen LogP contribution in [0, 0.1) is 12.8 Å². The summed E-state index contributed by atoms with van der Waals surface area (Å²) in [5, 5.41) is 0. The van der Waals surface area contributed by atoms with E-state index < -0.39 is 36.8 Å². The van der Waals surface area contributed by atoms with Crippen LogP contribution in [0.5, 0.6) is 0 Å². The molecule has 1 aromatic rings. The number of hydrogen-bond acceptors (Lipinski definition) is 4. The van der Waals surface area contributed by atoms with Crippen molar-refractivity contribution in [2.24, 2.45) is 5.92 Å². The van der Waals surface area contributed by atoms with E-state index in [-0.39, 0.29) is 12.2 Å². The van der Waals surface area contributed by atoms with Gasteiger partial charge < -0.3 is 9.47 Å². The SMILES string of the molecule is CC(=O)OCC(C)CC(F)(F)COC(=O)c1ccc(C)cc1. The van der Waals surface area contributed by atoms with E-state index in [1.807, 2.05) is 6.92 Å². The quantitative estimate of drug-likeness (QED) is 0.724. The molecule has 0 N–H and O–H groups in total. The van der Waals surface area contributed by atoms with Crippen LogP contribution < -0.4 is 0 Å². The first-order valence-electron chi connectivity index (χ1n) is 6.94. The number of hydrogen-bond donors (Lipinski definition) is 0. The van der Waals surface area contributed by atoms with Crippen LogP contribution in [-0.2, 0) is 14.3 Å². The number of benzene rings is 1. The molecule has 0 fully saturated rings. The third kappa shape index (κ3) is 6.65. The van der Waals surface area contributed by atoms with Gasteiger partial charge in [0.2, 0.25) is 0 Å². The first-order chi connectivity index (χ1) is 10.2. The van der Waals surface area contributed by atoms with Gasteiger partial charge in [0.05, 0.1) is 12.2 Å². The van der Waals surface area contributed by atoms with Crippen LogP contribution >= 0.6 is 0 Å². The number of alkyl halides is 2. The Kier molecular flexibility index (Phi) is 6.46. The Hall–Kier alpha value is -1.98. The van der Waals surface area contributed by atoms with Crippen molar-refractivity contribution in [3.05, 3.63) is 35.4 Å². The topological polar surface area (TPSA) is 52.6 Å². The molecule has 6 heteroatoms. The fourth-order valence-corrected chi connectivity index (χ4v) is 1.83. The number of ether oxygens (including phenoxy) is 2. The summed E-state index contributed by atoms with van der Waals surface area (Å²) in [5.74, 6) is -5.00. The highest BCUT2D eigenvalue weighted by Gasteiger charge is 2.33. The van der Waals surface area contributed by atoms with Crippen molar-refractivity contribution in [1.82, 2.24) is 0 Å². The summed E-state index contributed by atoms with van der Waals surface area (Å²) < 4.78 is 36.8. The number of rotatable bonds is 7. The molecule has 0 aliphatic carbocycles. The van der Waals surface area contributed by atoms with Gasteiger partial charge in [-0.1, -0.05) is 24.6 Å². The molecule has 1 unspecified atom stereocenters. The van der Waals surface area contributed by atoms with Gasteiger partial charge in [-0.3, -0.25) is 4.79 Å². The minimum Gasteiger partial charge on any atom is -0.466 e. The normalized spacial score (nSPS) is 12.6. The molecule has 1 rings (SSSR count). The number of carbonyl (C=O) groups is 2. The van der Waals surface area contributed by atoms with E-state index in [4.69, 9.17) is 0 Å². The number of halogens is 2. The van der Waals surface area contributed by atoms with Gasteiger partial charge >= 0.3 is 11.9 Å². The average molecular weight is 314 g/mol. The van der Waals surface area contributed by atoms with Crippen molar-refractivity contribution in [1.29, 1.82) is 0 Å². The molecule has 0 aliphatic heterocycles. The largest absolute Gasteiger partial charge is 0.466 e. The Morgan fingerprint density at radius 1 is 1.18 bits per heavy atom. The molecule has 22 heavy (non-hydrogen) atoms. The Bertz CT molecular complexity index is 511. The molecule has 0 spiro atoms. The predicted molar refractivity (Wildman–Crippen MR) is 76.8 cm³/mol. The first-order valence-corrected chi connectivity index (χ1v) is 6.94. The number of carbonyl (C=O) groups excluding carboxylic acids is 2. The van der Waals surface area contributed by atoms with E-state index in [2.05, 4.69) is 9.47 Å². The second-order valence-electron chi connectivity index (χ2n) is 5.41. The summed E-state index contributed by atoms with van der Waals surface area (Å²) in [7, 11) is 0. The van der Waals surface area contributed by atoms with Crippen molar-refractivity contribution < 1.29 is 27.8 Å². The Labute approximate surface area is 128 Å². The van der Waals surface area contributed by atoms with Gasteiger partial charge in [-0.05, 0) is 25.0 Å². The van der Waals surface area contributed by atoms with Crippen LogP contribution in [0.1, 0.15) is 36.2 Å². The molecule has 4 nitrogen and oxygen atoms in total. The predicted octanol–water partition coefficient (Wildman–Crippen LogP) is 3.38. The zero-order valence-electron chi connectivity index (χ0n) is 12.9. The summed E-state index contributed by atoms with van der Waals surface area (Å²) >= 11 is 0. The summed E-state index contributed by atoms with van der Waals surface area (Å²) in [6.07, 6.45) is -0.526. The molecule has 122 valence electrons. The minimum absolute atomic E-state index is 0.0865. The third-order valence-electron chi connectivity index (χ3n) is 2.92. The van der Waals surface area contributed by atoms with Crippen LogP contribution in [0.2, 0.25) is 0 Å². The van der Waals surface area contributed by atoms with Crippen LogP contribution in [-0.4, -0.2) is 31.1 Å². The highest BCUT2D eigenvalue weighted by atomic mass is 19.3. The van der Waals surface area contributed by atoms with Crippen molar-refractivity contribution in [2.75, 3.05) is 13.2 Å². The van der Waals surface area contributed by atoms with Gasteiger partial charge in [0.15, 0.2) is 6.61 Å². The second kappa shape index (κ2) is 7.87. The van der Waals surface area contributed by atoms with E-state index in [0.29, 0.717) is 0 Å². The lowest BCUT2D eigenvalue weighted by molar-refractivity contribution is -0.143. The van der Waals surface area contributed by atoms with E-state index in [0.717, 1.165) is 5.56 Å². The van der Waals surface area contributed by atoms with Gasteiger partial charge in [-0.15, -0.1) is 0 Å². The van der Waals surface area contributed by atoms with Crippen molar-refractivity contribution >= 4 is 11.9 Å². The number of aryl methyl sites for hydroxylation is 1. The fraction of sp³-hybridized carbons (Fsp3) is 0.500. The Morgan fingerprint density at radius 3 is 2.32 bits per heavy atom. The van der Waals surface area contributed by atoms with Gasteiger partial charge in [-0.25, -0.2) is 13.6 Å². The molecule has 0 aromatic heterocycles. The second-order valence-corrected chi connectivity index (χ2v) is 5.41. The first kappa shape index (κ1) is 18.1. The van der Waals surface area contributed by atoms with Crippen molar-refractivity contribution in [3.8, 4) is 0 Å². The Balaban J connectivity index is 2.45. The van der Waals surface area contributed by atoms with Gasteiger partial charge in [0, 0.05) is 13.3 Å². The molecule has 0 heterocycles. The molecule has 0 amide bonds. The van der Waals surface area contributed by atoms with E-state index in [1.54, 1.807) is 19.1 Å². The molecule has 0 saturated carbocycles. The lowest BCUT2D eigenvalue weighted by Gasteiger charge is -2.20. The molecule has 0 radical (unpaired) electrons. The lowest BCUT2D eigenvalue weighted by atomic mass is 10.0. The van der Waals surface area contributed by atoms with Crippen molar-refractivity contribution in [3.63, 3.8) is 0 Å². The monoisotopic (exact) mass is 314 g/mol. The van der Waals surface area contributed by atoms with Gasteiger partial charge in [0.1, 0.15) is 0 Å². The van der Waals surface area contributed by atoms with E-state index in [9.17, 15) is 18.4 Å². The minimum atomic E-state index is -3.17. The maximum Gasteiger partial charge on any atom is 0.338 e. The zero-order chi connectivity index (χ0) is 16.8. The molecule has 1 aromatic carbocycles. The van der Waals surface area contributed by atoms with Crippen LogP contribution in [0.4, 0.5) is 8.78 Å². The Morgan fingerprint density at radius 2 is 1.77 bits per heavy atom. The third-order valence-corrected chi connectivity index (χ3v) is 2.92. The molecule has 0 saturated heterocycles. The maximum atomic E-state index is 13.7. The average Bonchev–Trinajstić information content (AvgIpc) is 2.43. The summed E-state index contributed by atoms with van der Waals surface area (Å²) in [6.45, 7) is 3.53. The smallest absolute Gasteiger partial charge is 0.338 e. The maximum absolute atomic E-state index is 13.7. The number of esters is 2. The fourth-order valence-electron chi connectivity index (χ4n) is 1.83. The molecule has 0 bridgehead atoms. The molecule has 1 atom stereocenters. The van der Waals surface area contributed by atoms with Gasteiger partial charge in [0.25, 0.3) is 5.92 Å². The van der Waals surface area contributed by atoms with Crippen molar-refractivity contribution in [2.45, 2.75) is 33.1 Å². The zero-order valence-corrected chi connectivity index (χ0v) is 12.9. The van der Waals surface area contributed by atoms with E-state index in [1.165, 1.54) is 19.1 Å². The highest BCUT2D eigenvalue weighted by molar-refractivity contribution is 5.89. The molecule has 0 aliphatic rings. The van der Waals surface area contributed by atoms with Gasteiger partial charge in [-0.2, -0.15) is 0 Å². The van der Waals surface area contributed by atoms with Crippen LogP contribution in [0.3, 0.4) is 0 Å². The highest BCUT2D eigenvalue weighted by Crippen LogP contribution is 2.24. The summed E-state index contributed by atoms with van der Waals surface area (Å²) in [6, 6.07) is 6.46. The standard InChI is InChI=1S/C16H20F2O4/c1-11-4-6-14(7-5-11)15(20)22-10-16(17,18)8-12(2)9-21-13(3)19/h4-7,12H,8-10H2,1-3H3. The van der Waals surface area contributed by atoms with Crippen LogP contribution in [0.25, 0.3) is 0 Å². The van der Waals surface area contributed by atoms with Crippen LogP contribution in [0.15, 0.2) is 24.3 Å². The molecular weight excluding hydrogens is 294 g/mol. The lowest BCUT2D eigenvalue weighted by Crippen LogP contribution is -2.29. The molecular formula is C16H20F2O4. The summed E-state index contributed by atoms with van der Waals surface area (Å²) in [5.41, 5.74) is 1.19. The van der Waals surface area contributed by atoms with E-state index >= 15 is 0 Å².